The van der Waals surface area contributed by atoms with Crippen molar-refractivity contribution in [2.24, 2.45) is 5.92 Å². The summed E-state index contributed by atoms with van der Waals surface area (Å²) in [6, 6.07) is 9.52. The highest BCUT2D eigenvalue weighted by molar-refractivity contribution is 5.32. The van der Waals surface area contributed by atoms with Gasteiger partial charge in [-0.15, -0.1) is 0 Å². The van der Waals surface area contributed by atoms with E-state index in [0.29, 0.717) is 0 Å². The van der Waals surface area contributed by atoms with Crippen molar-refractivity contribution in [1.29, 1.82) is 0 Å². The lowest BCUT2D eigenvalue weighted by Gasteiger charge is -2.37. The van der Waals surface area contributed by atoms with Gasteiger partial charge in [0, 0.05) is 6.04 Å². The van der Waals surface area contributed by atoms with E-state index in [1.165, 1.54) is 37.8 Å². The SMILES string of the molecule is CCOc1cccc(C2CCC2CNC2CC2)c1. The Balaban J connectivity index is 1.60. The maximum atomic E-state index is 5.59. The van der Waals surface area contributed by atoms with Gasteiger partial charge in [-0.3, -0.25) is 0 Å². The molecular formula is C16H23NO. The molecule has 0 spiro atoms. The molecule has 2 heteroatoms. The second kappa shape index (κ2) is 5.31. The van der Waals surface area contributed by atoms with Crippen LogP contribution in [0.15, 0.2) is 24.3 Å². The molecule has 3 rings (SSSR count). The molecular weight excluding hydrogens is 222 g/mol. The van der Waals surface area contributed by atoms with Gasteiger partial charge >= 0.3 is 0 Å². The van der Waals surface area contributed by atoms with Crippen LogP contribution in [0.4, 0.5) is 0 Å². The Labute approximate surface area is 110 Å². The Morgan fingerprint density at radius 1 is 1.22 bits per heavy atom. The predicted molar refractivity (Wildman–Crippen MR) is 74.1 cm³/mol. The number of ether oxygens (including phenoxy) is 1. The van der Waals surface area contributed by atoms with Crippen LogP contribution in [0.1, 0.15) is 44.1 Å². The molecule has 2 aliphatic rings. The zero-order chi connectivity index (χ0) is 12.4. The highest BCUT2D eigenvalue weighted by Gasteiger charge is 2.33. The highest BCUT2D eigenvalue weighted by Crippen LogP contribution is 2.43. The summed E-state index contributed by atoms with van der Waals surface area (Å²) in [5.41, 5.74) is 1.47. The normalized spacial score (nSPS) is 26.7. The molecule has 98 valence electrons. The summed E-state index contributed by atoms with van der Waals surface area (Å²) in [6.45, 7) is 3.99. The number of rotatable bonds is 6. The van der Waals surface area contributed by atoms with E-state index in [4.69, 9.17) is 4.74 Å². The average Bonchev–Trinajstić information content (AvgIpc) is 3.13. The molecule has 18 heavy (non-hydrogen) atoms. The van der Waals surface area contributed by atoms with Gasteiger partial charge in [0.25, 0.3) is 0 Å². The molecule has 0 bridgehead atoms. The first-order chi connectivity index (χ1) is 8.86. The van der Waals surface area contributed by atoms with Crippen LogP contribution in [0.5, 0.6) is 5.75 Å². The monoisotopic (exact) mass is 245 g/mol. The fourth-order valence-electron chi connectivity index (χ4n) is 2.86. The van der Waals surface area contributed by atoms with Gasteiger partial charge in [0.1, 0.15) is 5.75 Å². The average molecular weight is 245 g/mol. The van der Waals surface area contributed by atoms with Crippen LogP contribution in [0.2, 0.25) is 0 Å². The fourth-order valence-corrected chi connectivity index (χ4v) is 2.86. The van der Waals surface area contributed by atoms with Crippen molar-refractivity contribution >= 4 is 0 Å². The molecule has 2 fully saturated rings. The molecule has 0 amide bonds. The van der Waals surface area contributed by atoms with Gasteiger partial charge in [0.2, 0.25) is 0 Å². The molecule has 2 nitrogen and oxygen atoms in total. The zero-order valence-corrected chi connectivity index (χ0v) is 11.2. The number of hydrogen-bond acceptors (Lipinski definition) is 2. The van der Waals surface area contributed by atoms with Gasteiger partial charge in [0.15, 0.2) is 0 Å². The Bertz CT molecular complexity index is 400. The minimum absolute atomic E-state index is 0.747. The quantitative estimate of drug-likeness (QED) is 0.830. The molecule has 2 aliphatic carbocycles. The van der Waals surface area contributed by atoms with Gasteiger partial charge in [-0.25, -0.2) is 0 Å². The van der Waals surface area contributed by atoms with Crippen molar-refractivity contribution in [1.82, 2.24) is 5.32 Å². The van der Waals surface area contributed by atoms with Crippen LogP contribution < -0.4 is 10.1 Å². The van der Waals surface area contributed by atoms with Crippen molar-refractivity contribution in [3.05, 3.63) is 29.8 Å². The number of nitrogens with one attached hydrogen (secondary N) is 1. The Morgan fingerprint density at radius 2 is 2.11 bits per heavy atom. The van der Waals surface area contributed by atoms with Gasteiger partial charge in [-0.2, -0.15) is 0 Å². The van der Waals surface area contributed by atoms with Gasteiger partial charge in [-0.1, -0.05) is 12.1 Å². The van der Waals surface area contributed by atoms with E-state index in [0.717, 1.165) is 30.2 Å². The number of benzene rings is 1. The van der Waals surface area contributed by atoms with E-state index in [2.05, 4.69) is 29.6 Å². The summed E-state index contributed by atoms with van der Waals surface area (Å²) in [5, 5.41) is 3.67. The van der Waals surface area contributed by atoms with E-state index < -0.39 is 0 Å². The lowest BCUT2D eigenvalue weighted by Crippen LogP contribution is -2.34. The highest BCUT2D eigenvalue weighted by atomic mass is 16.5. The van der Waals surface area contributed by atoms with Crippen LogP contribution in [0.25, 0.3) is 0 Å². The lowest BCUT2D eigenvalue weighted by atomic mass is 9.70. The largest absolute Gasteiger partial charge is 0.494 e. The molecule has 2 atom stereocenters. The first kappa shape index (κ1) is 12.0. The van der Waals surface area contributed by atoms with E-state index in [1.807, 2.05) is 6.92 Å². The molecule has 0 saturated heterocycles. The van der Waals surface area contributed by atoms with E-state index in [-0.39, 0.29) is 0 Å². The van der Waals surface area contributed by atoms with Crippen molar-refractivity contribution in [2.75, 3.05) is 13.2 Å². The second-order valence-electron chi connectivity index (χ2n) is 5.63. The Kier molecular flexibility index (Phi) is 3.55. The minimum atomic E-state index is 0.747. The first-order valence-corrected chi connectivity index (χ1v) is 7.33. The summed E-state index contributed by atoms with van der Waals surface area (Å²) >= 11 is 0. The Hall–Kier alpha value is -1.02. The topological polar surface area (TPSA) is 21.3 Å². The number of hydrogen-bond donors (Lipinski definition) is 1. The molecule has 1 aromatic carbocycles. The van der Waals surface area contributed by atoms with Gasteiger partial charge in [0.05, 0.1) is 6.61 Å². The van der Waals surface area contributed by atoms with E-state index >= 15 is 0 Å². The standard InChI is InChI=1S/C16H23NO/c1-2-18-15-5-3-4-12(10-15)16-9-6-13(16)11-17-14-7-8-14/h3-5,10,13-14,16-17H,2,6-9,11H2,1H3. The van der Waals surface area contributed by atoms with Crippen LogP contribution in [-0.2, 0) is 0 Å². The molecule has 0 radical (unpaired) electrons. The van der Waals surface area contributed by atoms with Crippen LogP contribution in [-0.4, -0.2) is 19.2 Å². The minimum Gasteiger partial charge on any atom is -0.494 e. The zero-order valence-electron chi connectivity index (χ0n) is 11.2. The second-order valence-corrected chi connectivity index (χ2v) is 5.63. The van der Waals surface area contributed by atoms with Crippen molar-refractivity contribution in [3.63, 3.8) is 0 Å². The van der Waals surface area contributed by atoms with Crippen LogP contribution >= 0.6 is 0 Å². The van der Waals surface area contributed by atoms with Crippen molar-refractivity contribution in [2.45, 2.75) is 44.6 Å². The molecule has 0 aliphatic heterocycles. The molecule has 1 aromatic rings. The van der Waals surface area contributed by atoms with Crippen LogP contribution in [0.3, 0.4) is 0 Å². The molecule has 0 heterocycles. The van der Waals surface area contributed by atoms with E-state index in [1.54, 1.807) is 0 Å². The van der Waals surface area contributed by atoms with Gasteiger partial charge < -0.3 is 10.1 Å². The lowest BCUT2D eigenvalue weighted by molar-refractivity contribution is 0.244. The Morgan fingerprint density at radius 3 is 2.78 bits per heavy atom. The summed E-state index contributed by atoms with van der Waals surface area (Å²) in [7, 11) is 0. The molecule has 2 unspecified atom stereocenters. The van der Waals surface area contributed by atoms with Gasteiger partial charge in [-0.05, 0) is 68.7 Å². The first-order valence-electron chi connectivity index (χ1n) is 7.33. The van der Waals surface area contributed by atoms with Crippen LogP contribution in [0, 0.1) is 5.92 Å². The van der Waals surface area contributed by atoms with Crippen molar-refractivity contribution in [3.8, 4) is 5.75 Å². The smallest absolute Gasteiger partial charge is 0.119 e. The fraction of sp³-hybridized carbons (Fsp3) is 0.625. The molecule has 1 N–H and O–H groups in total. The third-order valence-electron chi connectivity index (χ3n) is 4.26. The molecule has 2 saturated carbocycles. The third kappa shape index (κ3) is 2.69. The third-order valence-corrected chi connectivity index (χ3v) is 4.26. The predicted octanol–water partition coefficient (Wildman–Crippen LogP) is 3.33. The molecule has 0 aromatic heterocycles. The van der Waals surface area contributed by atoms with E-state index in [9.17, 15) is 0 Å². The maximum Gasteiger partial charge on any atom is 0.119 e. The summed E-state index contributed by atoms with van der Waals surface area (Å²) in [5.74, 6) is 2.61. The summed E-state index contributed by atoms with van der Waals surface area (Å²) in [6.07, 6.45) is 5.49. The summed E-state index contributed by atoms with van der Waals surface area (Å²) in [4.78, 5) is 0. The summed E-state index contributed by atoms with van der Waals surface area (Å²) < 4.78 is 5.59. The van der Waals surface area contributed by atoms with Crippen molar-refractivity contribution < 1.29 is 4.74 Å². The maximum absolute atomic E-state index is 5.59.